The van der Waals surface area contributed by atoms with Gasteiger partial charge in [-0.15, -0.1) is 5.11 Å². The second kappa shape index (κ2) is 10.5. The molecule has 0 saturated carbocycles. The minimum atomic E-state index is -2.58. The average Bonchev–Trinajstić information content (AvgIpc) is 2.72. The van der Waals surface area contributed by atoms with Crippen LogP contribution in [0.1, 0.15) is 39.2 Å². The van der Waals surface area contributed by atoms with E-state index < -0.39 is 11.8 Å². The van der Waals surface area contributed by atoms with Crippen molar-refractivity contribution in [1.29, 1.82) is 0 Å². The molecular formula is C22H26ClF2N3O2. The molecule has 0 heterocycles. The molecule has 0 atom stereocenters. The largest absolute Gasteiger partial charge is 0.463 e. The van der Waals surface area contributed by atoms with E-state index in [1.807, 2.05) is 44.9 Å². The fourth-order valence-electron chi connectivity index (χ4n) is 2.37. The average molecular weight is 438 g/mol. The van der Waals surface area contributed by atoms with Gasteiger partial charge < -0.3 is 9.64 Å². The van der Waals surface area contributed by atoms with Crippen LogP contribution in [0.25, 0.3) is 0 Å². The van der Waals surface area contributed by atoms with Crippen LogP contribution < -0.4 is 4.90 Å². The van der Waals surface area contributed by atoms with Gasteiger partial charge in [0, 0.05) is 18.3 Å². The summed E-state index contributed by atoms with van der Waals surface area (Å²) in [6, 6.07) is 11.2. The fourth-order valence-corrected chi connectivity index (χ4v) is 2.60. The Balaban J connectivity index is 1.93. The van der Waals surface area contributed by atoms with Crippen LogP contribution in [0.5, 0.6) is 0 Å². The number of rotatable bonds is 9. The Morgan fingerprint density at radius 3 is 2.40 bits per heavy atom. The summed E-state index contributed by atoms with van der Waals surface area (Å²) in [5.74, 6) is -0.200. The van der Waals surface area contributed by atoms with Crippen LogP contribution in [0.3, 0.4) is 0 Å². The Morgan fingerprint density at radius 2 is 1.83 bits per heavy atom. The van der Waals surface area contributed by atoms with Crippen molar-refractivity contribution in [2.24, 2.45) is 15.6 Å². The standard InChI is InChI=1S/C22H26ClF2N3O2/c1-5-22(2,3)21(29)30-13-12-28(4)17-9-7-16(8-10-17)26-27-19-11-6-15(20(24)25)14-18(19)23/h6-11,14,20H,5,12-13H2,1-4H3. The monoisotopic (exact) mass is 437 g/mol. The molecule has 0 fully saturated rings. The SMILES string of the molecule is CCC(C)(C)C(=O)OCCN(C)c1ccc(N=Nc2ccc(C(F)F)cc2Cl)cc1. The van der Waals surface area contributed by atoms with Crippen LogP contribution in [0.15, 0.2) is 52.7 Å². The second-order valence-corrected chi connectivity index (χ2v) is 7.93. The number of hydrogen-bond donors (Lipinski definition) is 0. The van der Waals surface area contributed by atoms with Crippen LogP contribution >= 0.6 is 11.6 Å². The molecule has 0 aromatic heterocycles. The number of nitrogens with zero attached hydrogens (tertiary/aromatic N) is 3. The summed E-state index contributed by atoms with van der Waals surface area (Å²) in [7, 11) is 1.90. The summed E-state index contributed by atoms with van der Waals surface area (Å²) in [5.41, 5.74) is 1.21. The minimum Gasteiger partial charge on any atom is -0.463 e. The normalized spacial score (nSPS) is 11.9. The van der Waals surface area contributed by atoms with E-state index in [0.29, 0.717) is 24.5 Å². The van der Waals surface area contributed by atoms with E-state index in [1.54, 1.807) is 12.1 Å². The third-order valence-electron chi connectivity index (χ3n) is 4.88. The molecule has 0 amide bonds. The molecular weight excluding hydrogens is 412 g/mol. The second-order valence-electron chi connectivity index (χ2n) is 7.52. The number of alkyl halides is 2. The van der Waals surface area contributed by atoms with Crippen molar-refractivity contribution in [1.82, 2.24) is 0 Å². The fraction of sp³-hybridized carbons (Fsp3) is 0.409. The van der Waals surface area contributed by atoms with Crippen molar-refractivity contribution in [2.45, 2.75) is 33.6 Å². The maximum Gasteiger partial charge on any atom is 0.311 e. The number of benzene rings is 2. The van der Waals surface area contributed by atoms with Gasteiger partial charge in [0.2, 0.25) is 0 Å². The molecule has 0 bridgehead atoms. The Morgan fingerprint density at radius 1 is 1.17 bits per heavy atom. The van der Waals surface area contributed by atoms with Crippen molar-refractivity contribution in [3.63, 3.8) is 0 Å². The smallest absolute Gasteiger partial charge is 0.311 e. The predicted octanol–water partition coefficient (Wildman–Crippen LogP) is 7.11. The molecule has 0 unspecified atom stereocenters. The molecule has 162 valence electrons. The van der Waals surface area contributed by atoms with Gasteiger partial charge in [0.25, 0.3) is 6.43 Å². The molecule has 2 rings (SSSR count). The first kappa shape index (κ1) is 23.7. The van der Waals surface area contributed by atoms with E-state index in [9.17, 15) is 13.6 Å². The summed E-state index contributed by atoms with van der Waals surface area (Å²) >= 11 is 5.98. The lowest BCUT2D eigenvalue weighted by Crippen LogP contribution is -2.30. The highest BCUT2D eigenvalue weighted by Crippen LogP contribution is 2.31. The molecule has 2 aromatic carbocycles. The van der Waals surface area contributed by atoms with Gasteiger partial charge in [-0.2, -0.15) is 5.11 Å². The van der Waals surface area contributed by atoms with Crippen LogP contribution in [0.4, 0.5) is 25.8 Å². The van der Waals surface area contributed by atoms with Crippen molar-refractivity contribution >= 4 is 34.6 Å². The highest BCUT2D eigenvalue weighted by molar-refractivity contribution is 6.33. The van der Waals surface area contributed by atoms with Crippen molar-refractivity contribution in [2.75, 3.05) is 25.1 Å². The number of halogens is 3. The molecule has 0 radical (unpaired) electrons. The van der Waals surface area contributed by atoms with E-state index in [0.717, 1.165) is 12.1 Å². The number of carbonyl (C=O) groups is 1. The number of anilines is 1. The zero-order chi connectivity index (χ0) is 22.3. The molecule has 0 aliphatic carbocycles. The maximum absolute atomic E-state index is 12.7. The Bertz CT molecular complexity index is 886. The Kier molecular flexibility index (Phi) is 8.29. The summed E-state index contributed by atoms with van der Waals surface area (Å²) in [4.78, 5) is 14.0. The number of likely N-dealkylation sites (N-methyl/N-ethyl adjacent to an activating group) is 1. The molecule has 0 aliphatic heterocycles. The third-order valence-corrected chi connectivity index (χ3v) is 5.19. The molecule has 2 aromatic rings. The van der Waals surface area contributed by atoms with Gasteiger partial charge in [-0.25, -0.2) is 8.78 Å². The molecule has 8 heteroatoms. The summed E-state index contributed by atoms with van der Waals surface area (Å²) < 4.78 is 30.7. The number of carbonyl (C=O) groups excluding carboxylic acids is 1. The van der Waals surface area contributed by atoms with Gasteiger partial charge in [0.15, 0.2) is 0 Å². The lowest BCUT2D eigenvalue weighted by atomic mass is 9.91. The van der Waals surface area contributed by atoms with E-state index in [-0.39, 0.29) is 16.6 Å². The molecule has 0 N–H and O–H groups in total. The lowest BCUT2D eigenvalue weighted by molar-refractivity contribution is -0.153. The zero-order valence-corrected chi connectivity index (χ0v) is 18.3. The molecule has 5 nitrogen and oxygen atoms in total. The Hall–Kier alpha value is -2.54. The van der Waals surface area contributed by atoms with Gasteiger partial charge in [0.05, 0.1) is 22.7 Å². The minimum absolute atomic E-state index is 0.119. The lowest BCUT2D eigenvalue weighted by Gasteiger charge is -2.23. The summed E-state index contributed by atoms with van der Waals surface area (Å²) in [6.07, 6.45) is -1.86. The Labute approximate surface area is 180 Å². The van der Waals surface area contributed by atoms with Crippen molar-refractivity contribution in [3.8, 4) is 0 Å². The van der Waals surface area contributed by atoms with E-state index in [1.165, 1.54) is 18.2 Å². The van der Waals surface area contributed by atoms with Crippen LogP contribution in [-0.2, 0) is 9.53 Å². The topological polar surface area (TPSA) is 54.3 Å². The number of azo groups is 1. The van der Waals surface area contributed by atoms with Crippen LogP contribution in [0.2, 0.25) is 5.02 Å². The summed E-state index contributed by atoms with van der Waals surface area (Å²) in [6.45, 7) is 6.55. The van der Waals surface area contributed by atoms with E-state index in [4.69, 9.17) is 16.3 Å². The van der Waals surface area contributed by atoms with Crippen LogP contribution in [-0.4, -0.2) is 26.2 Å². The third kappa shape index (κ3) is 6.49. The van der Waals surface area contributed by atoms with Crippen molar-refractivity contribution in [3.05, 3.63) is 53.1 Å². The molecule has 0 aliphatic rings. The van der Waals surface area contributed by atoms with Gasteiger partial charge in [-0.1, -0.05) is 24.6 Å². The number of ether oxygens (including phenoxy) is 1. The van der Waals surface area contributed by atoms with Gasteiger partial charge in [-0.05, 0) is 56.7 Å². The number of hydrogen-bond acceptors (Lipinski definition) is 5. The first-order valence-corrected chi connectivity index (χ1v) is 9.99. The van der Waals surface area contributed by atoms with Gasteiger partial charge in [-0.3, -0.25) is 4.79 Å². The highest BCUT2D eigenvalue weighted by Gasteiger charge is 2.26. The van der Waals surface area contributed by atoms with Gasteiger partial charge >= 0.3 is 5.97 Å². The molecule has 0 spiro atoms. The maximum atomic E-state index is 12.7. The van der Waals surface area contributed by atoms with Crippen molar-refractivity contribution < 1.29 is 18.3 Å². The van der Waals surface area contributed by atoms with E-state index in [2.05, 4.69) is 10.2 Å². The first-order valence-electron chi connectivity index (χ1n) is 9.62. The van der Waals surface area contributed by atoms with Crippen LogP contribution in [0, 0.1) is 5.41 Å². The quantitative estimate of drug-likeness (QED) is 0.310. The number of esters is 1. The summed E-state index contributed by atoms with van der Waals surface area (Å²) in [5, 5.41) is 8.25. The van der Waals surface area contributed by atoms with E-state index >= 15 is 0 Å². The first-order chi connectivity index (χ1) is 14.1. The highest BCUT2D eigenvalue weighted by atomic mass is 35.5. The zero-order valence-electron chi connectivity index (χ0n) is 17.5. The molecule has 0 saturated heterocycles. The predicted molar refractivity (Wildman–Crippen MR) is 115 cm³/mol. The van der Waals surface area contributed by atoms with Gasteiger partial charge in [0.1, 0.15) is 12.3 Å². The molecule has 30 heavy (non-hydrogen) atoms.